The summed E-state index contributed by atoms with van der Waals surface area (Å²) in [4.78, 5) is 23.0. The predicted molar refractivity (Wildman–Crippen MR) is 96.8 cm³/mol. The number of nitro benzene ring substituents is 1. The van der Waals surface area contributed by atoms with Gasteiger partial charge in [0.05, 0.1) is 4.92 Å². The summed E-state index contributed by atoms with van der Waals surface area (Å²) in [6, 6.07) is 4.36. The maximum absolute atomic E-state index is 12.4. The molecule has 2 fully saturated rings. The Morgan fingerprint density at radius 2 is 2.08 bits per heavy atom. The van der Waals surface area contributed by atoms with Gasteiger partial charge in [0.2, 0.25) is 0 Å². The van der Waals surface area contributed by atoms with Crippen LogP contribution in [0.25, 0.3) is 0 Å². The lowest BCUT2D eigenvalue weighted by atomic mass is 9.70. The van der Waals surface area contributed by atoms with Gasteiger partial charge in [0.15, 0.2) is 0 Å². The summed E-state index contributed by atoms with van der Waals surface area (Å²) < 4.78 is 0. The molecule has 7 nitrogen and oxygen atoms in total. The summed E-state index contributed by atoms with van der Waals surface area (Å²) in [5.74, 6) is 0.173. The quantitative estimate of drug-likeness (QED) is 0.644. The number of nitrogens with one attached hydrogen (secondary N) is 2. The van der Waals surface area contributed by atoms with Gasteiger partial charge in [0, 0.05) is 29.8 Å². The third-order valence-electron chi connectivity index (χ3n) is 6.53. The Hall–Kier alpha value is -2.44. The molecule has 2 atom stereocenters. The van der Waals surface area contributed by atoms with Crippen LogP contribution in [0.5, 0.6) is 0 Å². The maximum atomic E-state index is 12.4. The fourth-order valence-corrected chi connectivity index (χ4v) is 4.32. The van der Waals surface area contributed by atoms with Gasteiger partial charge >= 0.3 is 0 Å². The van der Waals surface area contributed by atoms with Crippen LogP contribution in [0.3, 0.4) is 0 Å². The number of carbonyl (C=O) groups excluding carboxylic acids is 1. The van der Waals surface area contributed by atoms with Crippen molar-refractivity contribution < 1.29 is 9.72 Å². The Morgan fingerprint density at radius 1 is 1.36 bits per heavy atom. The molecule has 134 valence electrons. The summed E-state index contributed by atoms with van der Waals surface area (Å²) in [6.07, 6.45) is 3.19. The largest absolute Gasteiger partial charge is 0.383 e. The average molecular weight is 344 g/mol. The minimum absolute atomic E-state index is 0.00688. The van der Waals surface area contributed by atoms with Gasteiger partial charge in [-0.15, -0.1) is 0 Å². The third-order valence-corrected chi connectivity index (χ3v) is 6.53. The fraction of sp³-hybridized carbons (Fsp3) is 0.556. The molecular formula is C18H24N4O3. The van der Waals surface area contributed by atoms with E-state index in [-0.39, 0.29) is 22.1 Å². The Kier molecular flexibility index (Phi) is 4.05. The number of hydrogen-bond donors (Lipinski definition) is 2. The number of anilines is 1. The molecule has 1 amide bonds. The van der Waals surface area contributed by atoms with Gasteiger partial charge in [-0.3, -0.25) is 14.9 Å². The summed E-state index contributed by atoms with van der Waals surface area (Å²) in [5, 5.41) is 18.3. The van der Waals surface area contributed by atoms with Crippen LogP contribution in [0.1, 0.15) is 50.4 Å². The summed E-state index contributed by atoms with van der Waals surface area (Å²) >= 11 is 0. The molecule has 0 heterocycles. The zero-order chi connectivity index (χ0) is 18.4. The van der Waals surface area contributed by atoms with Crippen molar-refractivity contribution >= 4 is 23.0 Å². The van der Waals surface area contributed by atoms with E-state index in [2.05, 4.69) is 36.6 Å². The Bertz CT molecular complexity index is 772. The number of rotatable bonds is 4. The van der Waals surface area contributed by atoms with Crippen LogP contribution in [0.15, 0.2) is 23.3 Å². The van der Waals surface area contributed by atoms with Crippen LogP contribution >= 0.6 is 0 Å². The van der Waals surface area contributed by atoms with Crippen molar-refractivity contribution in [2.24, 2.45) is 21.8 Å². The molecule has 25 heavy (non-hydrogen) atoms. The van der Waals surface area contributed by atoms with Crippen molar-refractivity contribution in [2.75, 3.05) is 12.4 Å². The Morgan fingerprint density at radius 3 is 2.60 bits per heavy atom. The molecular weight excluding hydrogens is 320 g/mol. The minimum Gasteiger partial charge on any atom is -0.383 e. The molecule has 2 aliphatic carbocycles. The van der Waals surface area contributed by atoms with Gasteiger partial charge in [-0.1, -0.05) is 20.8 Å². The van der Waals surface area contributed by atoms with Crippen molar-refractivity contribution in [1.82, 2.24) is 5.43 Å². The molecule has 0 saturated heterocycles. The van der Waals surface area contributed by atoms with E-state index in [1.807, 2.05) is 0 Å². The molecule has 1 aromatic carbocycles. The zero-order valence-corrected chi connectivity index (χ0v) is 15.0. The SMILES string of the molecule is CNc1ccc(C(=O)N/N=C2/C[C@H]3CC[C@@]2(C)C3(C)C)cc1[N+](=O)[O-]. The number of benzene rings is 1. The van der Waals surface area contributed by atoms with Gasteiger partial charge in [0.1, 0.15) is 5.69 Å². The van der Waals surface area contributed by atoms with Crippen molar-refractivity contribution in [2.45, 2.75) is 40.0 Å². The first kappa shape index (κ1) is 17.4. The van der Waals surface area contributed by atoms with Crippen molar-refractivity contribution in [3.63, 3.8) is 0 Å². The van der Waals surface area contributed by atoms with Crippen LogP contribution in [0.2, 0.25) is 0 Å². The highest BCUT2D eigenvalue weighted by Crippen LogP contribution is 2.63. The van der Waals surface area contributed by atoms with Gasteiger partial charge in [-0.2, -0.15) is 5.10 Å². The molecule has 2 saturated carbocycles. The number of nitrogens with zero attached hydrogens (tertiary/aromatic N) is 2. The molecule has 0 aromatic heterocycles. The lowest BCUT2D eigenvalue weighted by molar-refractivity contribution is -0.384. The van der Waals surface area contributed by atoms with Crippen molar-refractivity contribution in [3.05, 3.63) is 33.9 Å². The first-order chi connectivity index (χ1) is 11.7. The van der Waals surface area contributed by atoms with Gasteiger partial charge in [-0.05, 0) is 42.7 Å². The van der Waals surface area contributed by atoms with Crippen LogP contribution in [0, 0.1) is 26.9 Å². The van der Waals surface area contributed by atoms with E-state index in [1.54, 1.807) is 13.1 Å². The van der Waals surface area contributed by atoms with E-state index in [0.717, 1.165) is 18.6 Å². The Balaban J connectivity index is 1.80. The minimum atomic E-state index is -0.506. The standard InChI is InChI=1S/C18H24N4O3/c1-17(2)12-7-8-18(17,3)15(10-12)20-21-16(23)11-5-6-13(19-4)14(9-11)22(24)25/h5-6,9,12,19H,7-8,10H2,1-4H3,(H,21,23)/b20-15-/t12-,18-/m1/s1. The second kappa shape index (κ2) is 5.82. The van der Waals surface area contributed by atoms with Crippen molar-refractivity contribution in [1.29, 1.82) is 0 Å². The average Bonchev–Trinajstić information content (AvgIpc) is 2.92. The number of carbonyl (C=O) groups is 1. The lowest BCUT2D eigenvalue weighted by Gasteiger charge is -2.34. The molecule has 3 rings (SSSR count). The normalized spacial score (nSPS) is 28.2. The zero-order valence-electron chi connectivity index (χ0n) is 15.0. The summed E-state index contributed by atoms with van der Waals surface area (Å²) in [6.45, 7) is 6.77. The van der Waals surface area contributed by atoms with Crippen LogP contribution < -0.4 is 10.7 Å². The molecule has 7 heteroatoms. The highest BCUT2D eigenvalue weighted by atomic mass is 16.6. The highest BCUT2D eigenvalue weighted by molar-refractivity contribution is 5.98. The van der Waals surface area contributed by atoms with E-state index in [1.165, 1.54) is 18.6 Å². The number of hydrazone groups is 1. The molecule has 0 radical (unpaired) electrons. The Labute approximate surface area is 147 Å². The van der Waals surface area contributed by atoms with Gasteiger partial charge in [0.25, 0.3) is 11.6 Å². The maximum Gasteiger partial charge on any atom is 0.293 e. The van der Waals surface area contributed by atoms with E-state index < -0.39 is 10.8 Å². The summed E-state index contributed by atoms with van der Waals surface area (Å²) in [7, 11) is 1.60. The van der Waals surface area contributed by atoms with Gasteiger partial charge in [-0.25, -0.2) is 5.43 Å². The molecule has 0 spiro atoms. The fourth-order valence-electron chi connectivity index (χ4n) is 4.32. The first-order valence-corrected chi connectivity index (χ1v) is 8.54. The third kappa shape index (κ3) is 2.58. The first-order valence-electron chi connectivity index (χ1n) is 8.54. The van der Waals surface area contributed by atoms with Crippen LogP contribution in [0.4, 0.5) is 11.4 Å². The molecule has 1 aromatic rings. The van der Waals surface area contributed by atoms with E-state index >= 15 is 0 Å². The lowest BCUT2D eigenvalue weighted by Crippen LogP contribution is -2.34. The number of nitro groups is 1. The monoisotopic (exact) mass is 344 g/mol. The molecule has 2 aliphatic rings. The molecule has 0 aliphatic heterocycles. The second-order valence-corrected chi connectivity index (χ2v) is 7.73. The molecule has 2 N–H and O–H groups in total. The smallest absolute Gasteiger partial charge is 0.293 e. The second-order valence-electron chi connectivity index (χ2n) is 7.73. The number of fused-ring (bicyclic) bond motifs is 2. The topological polar surface area (TPSA) is 96.6 Å². The summed E-state index contributed by atoms with van der Waals surface area (Å²) in [5.41, 5.74) is 4.29. The van der Waals surface area contributed by atoms with Crippen LogP contribution in [-0.4, -0.2) is 23.6 Å². The number of hydrogen-bond acceptors (Lipinski definition) is 5. The van der Waals surface area contributed by atoms with E-state index in [4.69, 9.17) is 0 Å². The van der Waals surface area contributed by atoms with E-state index in [9.17, 15) is 14.9 Å². The predicted octanol–water partition coefficient (Wildman–Crippen LogP) is 3.57. The molecule has 2 bridgehead atoms. The van der Waals surface area contributed by atoms with Crippen molar-refractivity contribution in [3.8, 4) is 0 Å². The van der Waals surface area contributed by atoms with Gasteiger partial charge < -0.3 is 5.32 Å². The molecule has 0 unspecified atom stereocenters. The highest BCUT2D eigenvalue weighted by Gasteiger charge is 2.60. The van der Waals surface area contributed by atoms with E-state index in [0.29, 0.717) is 11.6 Å². The number of amides is 1. The van der Waals surface area contributed by atoms with Crippen LogP contribution in [-0.2, 0) is 0 Å².